The van der Waals surface area contributed by atoms with Crippen molar-refractivity contribution in [3.05, 3.63) is 0 Å². The van der Waals surface area contributed by atoms with Crippen molar-refractivity contribution in [3.8, 4) is 0 Å². The van der Waals surface area contributed by atoms with Crippen LogP contribution in [0.4, 0.5) is 4.79 Å². The van der Waals surface area contributed by atoms with Crippen LogP contribution in [0.2, 0.25) is 0 Å². The van der Waals surface area contributed by atoms with E-state index in [1.807, 2.05) is 0 Å². The molecule has 2 N–H and O–H groups in total. The molecule has 0 spiro atoms. The van der Waals surface area contributed by atoms with Gasteiger partial charge in [0.05, 0.1) is 0 Å². The highest BCUT2D eigenvalue weighted by Crippen LogP contribution is 1.48. The molecule has 0 heterocycles. The molecule has 0 aliphatic heterocycles. The minimum atomic E-state index is -0.157. The van der Waals surface area contributed by atoms with Gasteiger partial charge in [-0.25, -0.2) is 4.79 Å². The molecule has 0 aromatic rings. The van der Waals surface area contributed by atoms with Crippen molar-refractivity contribution in [2.75, 3.05) is 14.1 Å². The second kappa shape index (κ2) is 6.00. The van der Waals surface area contributed by atoms with E-state index in [0.29, 0.717) is 0 Å². The van der Waals surface area contributed by atoms with Gasteiger partial charge in [0.2, 0.25) is 0 Å². The van der Waals surface area contributed by atoms with Crippen LogP contribution in [0.5, 0.6) is 0 Å². The fourth-order valence-electron chi connectivity index (χ4n) is 0.125. The molecular weight excluding hydrogens is 207 g/mol. The number of rotatable bonds is 0. The van der Waals surface area contributed by atoms with Gasteiger partial charge >= 0.3 is 6.03 Å². The Hall–Kier alpha value is 0. The van der Waals surface area contributed by atoms with E-state index in [2.05, 4.69) is 10.6 Å². The van der Waals surface area contributed by atoms with Gasteiger partial charge in [0.15, 0.2) is 0 Å². The molecule has 4 heteroatoms. The Morgan fingerprint density at radius 2 is 1.57 bits per heavy atom. The number of carbonyl (C=O) groups excluding carboxylic acids is 1. The zero-order chi connectivity index (χ0) is 4.99. The Kier molecular flexibility index (Phi) is 8.64. The number of carbonyl (C=O) groups is 1. The van der Waals surface area contributed by atoms with Gasteiger partial charge in [-0.1, -0.05) is 0 Å². The summed E-state index contributed by atoms with van der Waals surface area (Å²) >= 11 is 0. The predicted molar refractivity (Wildman–Crippen MR) is 38.9 cm³/mol. The number of nitrogens with one attached hydrogen (secondary N) is 2. The highest BCUT2D eigenvalue weighted by Gasteiger charge is 1.81. The standard InChI is InChI=1S/C3H8N2O.HI/c1-4-3(6)5-2;/h1-2H3,(H2,4,5,6);1H. The normalized spacial score (nSPS) is 6.00. The molecule has 7 heavy (non-hydrogen) atoms. The zero-order valence-corrected chi connectivity index (χ0v) is 6.65. The van der Waals surface area contributed by atoms with Crippen molar-refractivity contribution in [2.24, 2.45) is 0 Å². The highest BCUT2D eigenvalue weighted by molar-refractivity contribution is 14.0. The van der Waals surface area contributed by atoms with Crippen molar-refractivity contribution in [2.45, 2.75) is 0 Å². The topological polar surface area (TPSA) is 41.1 Å². The molecule has 0 aromatic heterocycles. The van der Waals surface area contributed by atoms with Gasteiger partial charge in [-0.2, -0.15) is 0 Å². The van der Waals surface area contributed by atoms with Crippen LogP contribution in [0, 0.1) is 0 Å². The maximum atomic E-state index is 9.96. The van der Waals surface area contributed by atoms with E-state index in [0.717, 1.165) is 0 Å². The van der Waals surface area contributed by atoms with Crippen LogP contribution in [0.25, 0.3) is 0 Å². The average Bonchev–Trinajstić information content (AvgIpc) is 1.65. The molecular formula is C3H9IN2O. The largest absolute Gasteiger partial charge is 0.341 e. The Labute approximate surface area is 59.9 Å². The van der Waals surface area contributed by atoms with E-state index in [1.165, 1.54) is 0 Å². The van der Waals surface area contributed by atoms with Crippen molar-refractivity contribution >= 4 is 30.0 Å². The smallest absolute Gasteiger partial charge is 0.314 e. The molecule has 0 saturated heterocycles. The first-order chi connectivity index (χ1) is 2.81. The van der Waals surface area contributed by atoms with Gasteiger partial charge in [0.1, 0.15) is 0 Å². The van der Waals surface area contributed by atoms with Crippen LogP contribution in [0.15, 0.2) is 0 Å². The molecule has 3 nitrogen and oxygen atoms in total. The summed E-state index contributed by atoms with van der Waals surface area (Å²) in [6.07, 6.45) is 0. The quantitative estimate of drug-likeness (QED) is 0.556. The monoisotopic (exact) mass is 216 g/mol. The maximum absolute atomic E-state index is 9.96. The number of urea groups is 1. The summed E-state index contributed by atoms with van der Waals surface area (Å²) in [6, 6.07) is -0.157. The van der Waals surface area contributed by atoms with E-state index in [9.17, 15) is 4.79 Å². The van der Waals surface area contributed by atoms with Crippen LogP contribution in [0.1, 0.15) is 0 Å². The van der Waals surface area contributed by atoms with Gasteiger partial charge < -0.3 is 10.6 Å². The van der Waals surface area contributed by atoms with E-state index < -0.39 is 0 Å². The molecule has 0 aromatic carbocycles. The predicted octanol–water partition coefficient (Wildman–Crippen LogP) is 0.163. The molecule has 0 rings (SSSR count). The molecule has 2 amide bonds. The fourth-order valence-corrected chi connectivity index (χ4v) is 0.125. The van der Waals surface area contributed by atoms with E-state index >= 15 is 0 Å². The van der Waals surface area contributed by atoms with E-state index in [4.69, 9.17) is 0 Å². The number of halogens is 1. The van der Waals surface area contributed by atoms with Crippen molar-refractivity contribution in [1.82, 2.24) is 10.6 Å². The third-order valence-corrected chi connectivity index (χ3v) is 0.454. The van der Waals surface area contributed by atoms with Gasteiger partial charge in [-0.15, -0.1) is 24.0 Å². The van der Waals surface area contributed by atoms with Crippen molar-refractivity contribution in [3.63, 3.8) is 0 Å². The first kappa shape index (κ1) is 10.1. The summed E-state index contributed by atoms with van der Waals surface area (Å²) < 4.78 is 0. The summed E-state index contributed by atoms with van der Waals surface area (Å²) in [5.74, 6) is 0. The van der Waals surface area contributed by atoms with Crippen LogP contribution < -0.4 is 10.6 Å². The lowest BCUT2D eigenvalue weighted by molar-refractivity contribution is 0.245. The number of hydrogen-bond acceptors (Lipinski definition) is 1. The van der Waals surface area contributed by atoms with Crippen molar-refractivity contribution < 1.29 is 4.79 Å². The molecule has 0 aliphatic rings. The number of hydrogen-bond donors (Lipinski definition) is 2. The van der Waals surface area contributed by atoms with Crippen LogP contribution in [-0.2, 0) is 0 Å². The molecule has 0 bridgehead atoms. The average molecular weight is 216 g/mol. The summed E-state index contributed by atoms with van der Waals surface area (Å²) in [7, 11) is 3.14. The van der Waals surface area contributed by atoms with Crippen LogP contribution in [-0.4, -0.2) is 20.1 Å². The Morgan fingerprint density at radius 1 is 1.29 bits per heavy atom. The first-order valence-corrected chi connectivity index (χ1v) is 1.70. The molecule has 0 atom stereocenters. The van der Waals surface area contributed by atoms with Crippen LogP contribution >= 0.6 is 24.0 Å². The molecule has 44 valence electrons. The Balaban J connectivity index is 0. The minimum Gasteiger partial charge on any atom is -0.341 e. The van der Waals surface area contributed by atoms with Crippen molar-refractivity contribution in [1.29, 1.82) is 0 Å². The number of amides is 2. The SMILES string of the molecule is CNC(=O)NC.I. The van der Waals surface area contributed by atoms with Gasteiger partial charge in [0.25, 0.3) is 0 Å². The first-order valence-electron chi connectivity index (χ1n) is 1.70. The summed E-state index contributed by atoms with van der Waals surface area (Å²) in [5, 5.41) is 4.73. The van der Waals surface area contributed by atoms with Crippen LogP contribution in [0.3, 0.4) is 0 Å². The van der Waals surface area contributed by atoms with Gasteiger partial charge in [-0.05, 0) is 0 Å². The third kappa shape index (κ3) is 6.00. The summed E-state index contributed by atoms with van der Waals surface area (Å²) in [5.41, 5.74) is 0. The lowest BCUT2D eigenvalue weighted by atomic mass is 11.0. The fraction of sp³-hybridized carbons (Fsp3) is 0.667. The molecule has 0 saturated carbocycles. The van der Waals surface area contributed by atoms with Gasteiger partial charge in [0, 0.05) is 14.1 Å². The summed E-state index contributed by atoms with van der Waals surface area (Å²) in [6.45, 7) is 0. The lowest BCUT2D eigenvalue weighted by Gasteiger charge is -1.91. The third-order valence-electron chi connectivity index (χ3n) is 0.454. The maximum Gasteiger partial charge on any atom is 0.314 e. The van der Waals surface area contributed by atoms with E-state index in [-0.39, 0.29) is 30.0 Å². The Morgan fingerprint density at radius 3 is 1.57 bits per heavy atom. The Bertz CT molecular complexity index is 50.9. The molecule has 0 aliphatic carbocycles. The zero-order valence-electron chi connectivity index (χ0n) is 4.32. The highest BCUT2D eigenvalue weighted by atomic mass is 127. The van der Waals surface area contributed by atoms with Gasteiger partial charge in [-0.3, -0.25) is 0 Å². The van der Waals surface area contributed by atoms with E-state index in [1.54, 1.807) is 14.1 Å². The second-order valence-corrected chi connectivity index (χ2v) is 0.829. The minimum absolute atomic E-state index is 0. The molecule has 0 fully saturated rings. The lowest BCUT2D eigenvalue weighted by Crippen LogP contribution is -2.28. The second-order valence-electron chi connectivity index (χ2n) is 0.829. The molecule has 0 unspecified atom stereocenters. The molecule has 0 radical (unpaired) electrons. The summed E-state index contributed by atoms with van der Waals surface area (Å²) in [4.78, 5) is 9.96.